The second-order valence-corrected chi connectivity index (χ2v) is 8.00. The van der Waals surface area contributed by atoms with Crippen LogP contribution in [0.25, 0.3) is 5.76 Å². The number of halogens is 1. The summed E-state index contributed by atoms with van der Waals surface area (Å²) < 4.78 is 0. The molecule has 1 saturated heterocycles. The Kier molecular flexibility index (Phi) is 6.40. The Morgan fingerprint density at radius 2 is 1.69 bits per heavy atom. The van der Waals surface area contributed by atoms with Crippen LogP contribution in [-0.4, -0.2) is 53.8 Å². The van der Waals surface area contributed by atoms with Crippen LogP contribution in [0.15, 0.2) is 54.1 Å². The van der Waals surface area contributed by atoms with E-state index >= 15 is 0 Å². The van der Waals surface area contributed by atoms with Crippen LogP contribution >= 0.6 is 11.6 Å². The van der Waals surface area contributed by atoms with Gasteiger partial charge in [0.1, 0.15) is 5.76 Å². The summed E-state index contributed by atoms with van der Waals surface area (Å²) in [6.45, 7) is 3.15. The highest BCUT2D eigenvalue weighted by atomic mass is 35.5. The zero-order chi connectivity index (χ0) is 21.1. The zero-order valence-electron chi connectivity index (χ0n) is 16.9. The molecule has 0 bridgehead atoms. The second kappa shape index (κ2) is 8.80. The van der Waals surface area contributed by atoms with Crippen molar-refractivity contribution in [3.8, 4) is 0 Å². The number of aryl methyl sites for hydroxylation is 1. The van der Waals surface area contributed by atoms with Crippen LogP contribution in [0.4, 0.5) is 0 Å². The molecule has 1 N–H and O–H groups in total. The first-order valence-electron chi connectivity index (χ1n) is 9.55. The van der Waals surface area contributed by atoms with E-state index in [-0.39, 0.29) is 11.3 Å². The highest BCUT2D eigenvalue weighted by Crippen LogP contribution is 2.39. The van der Waals surface area contributed by atoms with E-state index in [4.69, 9.17) is 11.6 Å². The van der Waals surface area contributed by atoms with Crippen molar-refractivity contribution in [2.45, 2.75) is 19.4 Å². The van der Waals surface area contributed by atoms with Crippen molar-refractivity contribution in [1.82, 2.24) is 9.80 Å². The van der Waals surface area contributed by atoms with Crippen molar-refractivity contribution in [3.63, 3.8) is 0 Å². The molecule has 2 aromatic rings. The number of rotatable bonds is 6. The Morgan fingerprint density at radius 3 is 2.28 bits per heavy atom. The minimum atomic E-state index is -0.659. The van der Waals surface area contributed by atoms with Gasteiger partial charge in [-0.3, -0.25) is 9.59 Å². The molecule has 1 atom stereocenters. The molecular formula is C23H25ClN2O3. The molecule has 1 aliphatic rings. The van der Waals surface area contributed by atoms with Crippen LogP contribution < -0.4 is 0 Å². The molecular weight excluding hydrogens is 388 g/mol. The summed E-state index contributed by atoms with van der Waals surface area (Å²) >= 11 is 6.03. The lowest BCUT2D eigenvalue weighted by atomic mass is 9.95. The van der Waals surface area contributed by atoms with E-state index in [1.54, 1.807) is 41.3 Å². The van der Waals surface area contributed by atoms with Crippen LogP contribution in [0.3, 0.4) is 0 Å². The number of Topliss-reactive ketones (excluding diaryl/α,β-unsaturated/α-hetero) is 1. The van der Waals surface area contributed by atoms with Crippen molar-refractivity contribution in [2.24, 2.45) is 0 Å². The third-order valence-corrected chi connectivity index (χ3v) is 5.31. The molecule has 1 fully saturated rings. The highest BCUT2D eigenvalue weighted by molar-refractivity contribution is 6.46. The van der Waals surface area contributed by atoms with Gasteiger partial charge in [-0.25, -0.2) is 0 Å². The van der Waals surface area contributed by atoms with Gasteiger partial charge in [-0.2, -0.15) is 0 Å². The number of hydrogen-bond acceptors (Lipinski definition) is 4. The van der Waals surface area contributed by atoms with E-state index in [1.807, 2.05) is 38.1 Å². The fourth-order valence-corrected chi connectivity index (χ4v) is 3.65. The number of hydrogen-bond donors (Lipinski definition) is 1. The molecule has 1 amide bonds. The van der Waals surface area contributed by atoms with Crippen molar-refractivity contribution in [3.05, 3.63) is 75.8 Å². The number of aliphatic hydroxyl groups excluding tert-OH is 1. The SMILES string of the molecule is Cc1ccc(C(O)=C2C(=O)C(=O)N(CCCN(C)C)C2c2ccc(Cl)cc2)cc1. The quantitative estimate of drug-likeness (QED) is 0.442. The molecule has 2 aromatic carbocycles. The number of likely N-dealkylation sites (tertiary alicyclic amines) is 1. The first kappa shape index (κ1) is 21.1. The third-order valence-electron chi connectivity index (χ3n) is 5.06. The molecule has 0 aliphatic carbocycles. The minimum Gasteiger partial charge on any atom is -0.507 e. The van der Waals surface area contributed by atoms with E-state index in [0.717, 1.165) is 17.7 Å². The summed E-state index contributed by atoms with van der Waals surface area (Å²) in [5.74, 6) is -1.40. The van der Waals surface area contributed by atoms with Crippen LogP contribution in [-0.2, 0) is 9.59 Å². The maximum Gasteiger partial charge on any atom is 0.295 e. The van der Waals surface area contributed by atoms with E-state index in [0.29, 0.717) is 23.6 Å². The summed E-state index contributed by atoms with van der Waals surface area (Å²) in [5, 5.41) is 11.5. The van der Waals surface area contributed by atoms with Gasteiger partial charge in [0.25, 0.3) is 11.7 Å². The zero-order valence-corrected chi connectivity index (χ0v) is 17.6. The first-order chi connectivity index (χ1) is 13.8. The number of amides is 1. The lowest BCUT2D eigenvalue weighted by Crippen LogP contribution is -2.32. The topological polar surface area (TPSA) is 60.9 Å². The Bertz CT molecular complexity index is 934. The van der Waals surface area contributed by atoms with Gasteiger partial charge in [-0.05, 0) is 51.7 Å². The van der Waals surface area contributed by atoms with Gasteiger partial charge in [0, 0.05) is 17.1 Å². The molecule has 1 aliphatic heterocycles. The molecule has 0 spiro atoms. The maximum atomic E-state index is 12.9. The first-order valence-corrected chi connectivity index (χ1v) is 9.93. The van der Waals surface area contributed by atoms with Gasteiger partial charge in [0.05, 0.1) is 11.6 Å². The van der Waals surface area contributed by atoms with Crippen molar-refractivity contribution in [1.29, 1.82) is 0 Å². The standard InChI is InChI=1S/C23H25ClN2O3/c1-15-5-7-17(8-6-15)21(27)19-20(16-9-11-18(24)12-10-16)26(23(29)22(19)28)14-4-13-25(2)3/h5-12,20,27H,4,13-14H2,1-3H3. The van der Waals surface area contributed by atoms with Crippen LogP contribution in [0, 0.1) is 6.92 Å². The summed E-state index contributed by atoms with van der Waals surface area (Å²) in [7, 11) is 3.92. The largest absolute Gasteiger partial charge is 0.507 e. The Balaban J connectivity index is 2.07. The molecule has 5 nitrogen and oxygen atoms in total. The monoisotopic (exact) mass is 412 g/mol. The lowest BCUT2D eigenvalue weighted by molar-refractivity contribution is -0.139. The number of carbonyl (C=O) groups is 2. The van der Waals surface area contributed by atoms with Gasteiger partial charge in [0.15, 0.2) is 0 Å². The van der Waals surface area contributed by atoms with Crippen LogP contribution in [0.1, 0.15) is 29.2 Å². The van der Waals surface area contributed by atoms with Crippen LogP contribution in [0.5, 0.6) is 0 Å². The summed E-state index contributed by atoms with van der Waals surface area (Å²) in [6, 6.07) is 13.6. The highest BCUT2D eigenvalue weighted by Gasteiger charge is 2.45. The Morgan fingerprint density at radius 1 is 1.07 bits per heavy atom. The fourth-order valence-electron chi connectivity index (χ4n) is 3.53. The number of nitrogens with zero attached hydrogens (tertiary/aromatic N) is 2. The van der Waals surface area contributed by atoms with Gasteiger partial charge < -0.3 is 14.9 Å². The predicted octanol–water partition coefficient (Wildman–Crippen LogP) is 4.02. The van der Waals surface area contributed by atoms with Crippen molar-refractivity contribution in [2.75, 3.05) is 27.2 Å². The molecule has 3 rings (SSSR count). The predicted molar refractivity (Wildman–Crippen MR) is 115 cm³/mol. The van der Waals surface area contributed by atoms with E-state index in [9.17, 15) is 14.7 Å². The van der Waals surface area contributed by atoms with Crippen LogP contribution in [0.2, 0.25) is 5.02 Å². The molecule has 1 unspecified atom stereocenters. The van der Waals surface area contributed by atoms with E-state index in [1.165, 1.54) is 0 Å². The summed E-state index contributed by atoms with van der Waals surface area (Å²) in [4.78, 5) is 29.3. The Labute approximate surface area is 176 Å². The molecule has 1 heterocycles. The lowest BCUT2D eigenvalue weighted by Gasteiger charge is -2.26. The number of benzene rings is 2. The van der Waals surface area contributed by atoms with E-state index < -0.39 is 17.7 Å². The third kappa shape index (κ3) is 4.52. The minimum absolute atomic E-state index is 0.117. The van der Waals surface area contributed by atoms with Gasteiger partial charge in [-0.1, -0.05) is 53.6 Å². The van der Waals surface area contributed by atoms with Crippen molar-refractivity contribution >= 4 is 29.1 Å². The second-order valence-electron chi connectivity index (χ2n) is 7.57. The fraction of sp³-hybridized carbons (Fsp3) is 0.304. The number of aliphatic hydroxyl groups is 1. The molecule has 152 valence electrons. The van der Waals surface area contributed by atoms with Gasteiger partial charge >= 0.3 is 0 Å². The summed E-state index contributed by atoms with van der Waals surface area (Å²) in [5.41, 5.74) is 2.42. The van der Waals surface area contributed by atoms with Gasteiger partial charge in [-0.15, -0.1) is 0 Å². The average molecular weight is 413 g/mol. The van der Waals surface area contributed by atoms with Crippen molar-refractivity contribution < 1.29 is 14.7 Å². The maximum absolute atomic E-state index is 12.9. The summed E-state index contributed by atoms with van der Waals surface area (Å²) in [6.07, 6.45) is 0.717. The molecule has 0 saturated carbocycles. The van der Waals surface area contributed by atoms with E-state index in [2.05, 4.69) is 0 Å². The molecule has 0 radical (unpaired) electrons. The number of carbonyl (C=O) groups excluding carboxylic acids is 2. The smallest absolute Gasteiger partial charge is 0.295 e. The Hall–Kier alpha value is -2.63. The number of ketones is 1. The molecule has 6 heteroatoms. The average Bonchev–Trinajstić information content (AvgIpc) is 2.93. The molecule has 0 aromatic heterocycles. The normalized spacial score (nSPS) is 18.7. The van der Waals surface area contributed by atoms with Gasteiger partial charge in [0.2, 0.25) is 0 Å². The molecule has 29 heavy (non-hydrogen) atoms.